The van der Waals surface area contributed by atoms with Crippen LogP contribution in [0.2, 0.25) is 0 Å². The number of fused-ring (bicyclic) bond motifs is 1. The van der Waals surface area contributed by atoms with E-state index in [2.05, 4.69) is 10.3 Å². The van der Waals surface area contributed by atoms with Crippen molar-refractivity contribution in [2.24, 2.45) is 0 Å². The molecule has 154 valence electrons. The number of alkyl halides is 3. The van der Waals surface area contributed by atoms with Gasteiger partial charge in [-0.15, -0.1) is 0 Å². The predicted octanol–water partition coefficient (Wildman–Crippen LogP) is 5.44. The first-order valence-corrected chi connectivity index (χ1v) is 10.2. The topological polar surface area (TPSA) is 46.4 Å². The largest absolute Gasteiger partial charge is 0.416 e. The Kier molecular flexibility index (Phi) is 5.59. The Balaban J connectivity index is 1.40. The second kappa shape index (κ2) is 8.31. The van der Waals surface area contributed by atoms with E-state index in [9.17, 15) is 18.0 Å². The lowest BCUT2D eigenvalue weighted by Gasteiger charge is -2.07. The molecule has 0 aliphatic rings. The van der Waals surface area contributed by atoms with E-state index < -0.39 is 11.7 Å². The first-order chi connectivity index (χ1) is 14.4. The van der Waals surface area contributed by atoms with Gasteiger partial charge in [-0.05, 0) is 36.1 Å². The van der Waals surface area contributed by atoms with Crippen molar-refractivity contribution in [3.8, 4) is 10.4 Å². The van der Waals surface area contributed by atoms with E-state index in [0.717, 1.165) is 25.0 Å². The molecule has 2 aromatic carbocycles. The van der Waals surface area contributed by atoms with Crippen LogP contribution in [-0.2, 0) is 12.6 Å². The lowest BCUT2D eigenvalue weighted by atomic mass is 10.1. The summed E-state index contributed by atoms with van der Waals surface area (Å²) in [5, 5.41) is 2.86. The smallest absolute Gasteiger partial charge is 0.351 e. The maximum atomic E-state index is 12.9. The average Bonchev–Trinajstić information content (AvgIpc) is 3.31. The van der Waals surface area contributed by atoms with E-state index in [1.54, 1.807) is 22.9 Å². The first kappa shape index (κ1) is 20.2. The number of halogens is 3. The van der Waals surface area contributed by atoms with E-state index in [0.29, 0.717) is 21.9 Å². The number of aromatic nitrogens is 2. The zero-order valence-corrected chi connectivity index (χ0v) is 16.6. The molecule has 1 amide bonds. The van der Waals surface area contributed by atoms with E-state index in [1.165, 1.54) is 23.0 Å². The Morgan fingerprint density at radius 1 is 1.07 bits per heavy atom. The van der Waals surface area contributed by atoms with Crippen molar-refractivity contribution in [2.75, 3.05) is 6.54 Å². The Morgan fingerprint density at radius 3 is 2.60 bits per heavy atom. The van der Waals surface area contributed by atoms with E-state index in [-0.39, 0.29) is 11.6 Å². The molecule has 2 heterocycles. The SMILES string of the molecule is O=C(NCCCc1ccccc1)c1cn2cc(-c3cccc(C(F)(F)F)c3)sc2n1. The van der Waals surface area contributed by atoms with Crippen molar-refractivity contribution in [1.82, 2.24) is 14.7 Å². The number of imidazole rings is 1. The van der Waals surface area contributed by atoms with Crippen LogP contribution in [0.5, 0.6) is 0 Å². The van der Waals surface area contributed by atoms with E-state index in [4.69, 9.17) is 0 Å². The van der Waals surface area contributed by atoms with Crippen LogP contribution in [0.15, 0.2) is 67.0 Å². The molecule has 4 nitrogen and oxygen atoms in total. The number of hydrogen-bond donors (Lipinski definition) is 1. The highest BCUT2D eigenvalue weighted by atomic mass is 32.1. The molecule has 0 radical (unpaired) electrons. The fourth-order valence-electron chi connectivity index (χ4n) is 3.12. The lowest BCUT2D eigenvalue weighted by Crippen LogP contribution is -2.25. The number of hydrogen-bond acceptors (Lipinski definition) is 3. The van der Waals surface area contributed by atoms with Gasteiger partial charge in [0.05, 0.1) is 10.4 Å². The van der Waals surface area contributed by atoms with Crippen LogP contribution in [0.1, 0.15) is 28.0 Å². The third-order valence-electron chi connectivity index (χ3n) is 4.63. The molecule has 8 heteroatoms. The molecule has 30 heavy (non-hydrogen) atoms. The minimum Gasteiger partial charge on any atom is -0.351 e. The van der Waals surface area contributed by atoms with Gasteiger partial charge in [0.2, 0.25) is 0 Å². The summed E-state index contributed by atoms with van der Waals surface area (Å²) in [6.07, 6.45) is 0.584. The highest BCUT2D eigenvalue weighted by Crippen LogP contribution is 2.34. The zero-order valence-electron chi connectivity index (χ0n) is 15.8. The van der Waals surface area contributed by atoms with Gasteiger partial charge in [0.15, 0.2) is 4.96 Å². The van der Waals surface area contributed by atoms with Crippen LogP contribution in [-0.4, -0.2) is 21.8 Å². The molecule has 0 fully saturated rings. The van der Waals surface area contributed by atoms with Crippen LogP contribution in [0.3, 0.4) is 0 Å². The summed E-state index contributed by atoms with van der Waals surface area (Å²) >= 11 is 1.24. The van der Waals surface area contributed by atoms with Gasteiger partial charge in [0, 0.05) is 18.9 Å². The molecular formula is C22H18F3N3OS. The van der Waals surface area contributed by atoms with E-state index in [1.807, 2.05) is 30.3 Å². The molecule has 2 aromatic heterocycles. The molecule has 0 atom stereocenters. The summed E-state index contributed by atoms with van der Waals surface area (Å²) in [6.45, 7) is 0.536. The second-order valence-corrected chi connectivity index (χ2v) is 7.84. The van der Waals surface area contributed by atoms with Gasteiger partial charge in [-0.1, -0.05) is 53.8 Å². The van der Waals surface area contributed by atoms with Gasteiger partial charge in [-0.2, -0.15) is 13.2 Å². The van der Waals surface area contributed by atoms with Crippen LogP contribution < -0.4 is 5.32 Å². The highest BCUT2D eigenvalue weighted by molar-refractivity contribution is 7.20. The van der Waals surface area contributed by atoms with Crippen molar-refractivity contribution in [3.05, 3.63) is 83.8 Å². The quantitative estimate of drug-likeness (QED) is 0.415. The third kappa shape index (κ3) is 4.54. The fourth-order valence-corrected chi connectivity index (χ4v) is 4.08. The summed E-state index contributed by atoms with van der Waals surface area (Å²) in [4.78, 5) is 17.8. The second-order valence-electron chi connectivity index (χ2n) is 6.84. The number of nitrogens with zero attached hydrogens (tertiary/aromatic N) is 2. The Morgan fingerprint density at radius 2 is 1.87 bits per heavy atom. The highest BCUT2D eigenvalue weighted by Gasteiger charge is 2.30. The van der Waals surface area contributed by atoms with Gasteiger partial charge in [-0.3, -0.25) is 9.20 Å². The van der Waals surface area contributed by atoms with Crippen LogP contribution in [0, 0.1) is 0 Å². The molecular weight excluding hydrogens is 411 g/mol. The summed E-state index contributed by atoms with van der Waals surface area (Å²) in [6, 6.07) is 15.2. The van der Waals surface area contributed by atoms with Crippen molar-refractivity contribution in [2.45, 2.75) is 19.0 Å². The van der Waals surface area contributed by atoms with Crippen molar-refractivity contribution >= 4 is 22.2 Å². The van der Waals surface area contributed by atoms with Crippen molar-refractivity contribution in [3.63, 3.8) is 0 Å². The van der Waals surface area contributed by atoms with Crippen molar-refractivity contribution < 1.29 is 18.0 Å². The molecule has 0 aliphatic carbocycles. The Bertz CT molecular complexity index is 1130. The van der Waals surface area contributed by atoms with Crippen LogP contribution in [0.25, 0.3) is 15.4 Å². The summed E-state index contributed by atoms with van der Waals surface area (Å²) in [7, 11) is 0. The Labute approximate surface area is 175 Å². The Hall–Kier alpha value is -3.13. The normalized spacial score (nSPS) is 11.7. The number of thiazole rings is 1. The zero-order chi connectivity index (χ0) is 21.1. The molecule has 0 spiro atoms. The monoisotopic (exact) mass is 429 g/mol. The summed E-state index contributed by atoms with van der Waals surface area (Å²) in [5.74, 6) is -0.264. The molecule has 4 aromatic rings. The van der Waals surface area contributed by atoms with Gasteiger partial charge in [-0.25, -0.2) is 4.98 Å². The third-order valence-corrected chi connectivity index (χ3v) is 5.68. The van der Waals surface area contributed by atoms with Gasteiger partial charge >= 0.3 is 6.18 Å². The predicted molar refractivity (Wildman–Crippen MR) is 111 cm³/mol. The number of benzene rings is 2. The average molecular weight is 429 g/mol. The molecule has 1 N–H and O–H groups in total. The van der Waals surface area contributed by atoms with Crippen LogP contribution >= 0.6 is 11.3 Å². The minimum atomic E-state index is -4.39. The minimum absolute atomic E-state index is 0.264. The first-order valence-electron chi connectivity index (χ1n) is 9.38. The standard InChI is InChI=1S/C22H18F3N3OS/c23-22(24,25)17-10-4-9-16(12-17)19-14-28-13-18(27-21(28)30-19)20(29)26-11-5-8-15-6-2-1-3-7-15/h1-4,6-7,9-10,12-14H,5,8,11H2,(H,26,29). The van der Waals surface area contributed by atoms with Gasteiger partial charge in [0.25, 0.3) is 5.91 Å². The van der Waals surface area contributed by atoms with Crippen molar-refractivity contribution in [1.29, 1.82) is 0 Å². The number of carbonyl (C=O) groups excluding carboxylic acids is 1. The molecule has 4 rings (SSSR count). The van der Waals surface area contributed by atoms with Crippen LogP contribution in [0.4, 0.5) is 13.2 Å². The number of nitrogens with one attached hydrogen (secondary N) is 1. The molecule has 0 aliphatic heterocycles. The number of aryl methyl sites for hydroxylation is 1. The lowest BCUT2D eigenvalue weighted by molar-refractivity contribution is -0.137. The molecule has 0 unspecified atom stereocenters. The van der Waals surface area contributed by atoms with Gasteiger partial charge in [0.1, 0.15) is 5.69 Å². The number of rotatable bonds is 6. The molecule has 0 saturated heterocycles. The fraction of sp³-hybridized carbons (Fsp3) is 0.182. The van der Waals surface area contributed by atoms with Gasteiger partial charge < -0.3 is 5.32 Å². The maximum absolute atomic E-state index is 12.9. The molecule has 0 bridgehead atoms. The summed E-state index contributed by atoms with van der Waals surface area (Å²) in [5.41, 5.74) is 1.28. The maximum Gasteiger partial charge on any atom is 0.416 e. The molecule has 0 saturated carbocycles. The summed E-state index contributed by atoms with van der Waals surface area (Å²) < 4.78 is 40.5. The number of carbonyl (C=O) groups is 1. The van der Waals surface area contributed by atoms with E-state index >= 15 is 0 Å². The number of amides is 1.